The maximum Gasteiger partial charge on any atom is 0.129 e. The fraction of sp³-hybridized carbons (Fsp3) is 0.647. The normalized spacial score (nSPS) is 19.6. The molecule has 118 valence electrons. The van der Waals surface area contributed by atoms with Crippen molar-refractivity contribution in [1.82, 2.24) is 5.32 Å². The number of nitrogens with zero attached hydrogens (tertiary/aromatic N) is 1. The van der Waals surface area contributed by atoms with E-state index in [0.717, 1.165) is 36.8 Å². The SMILES string of the molecule is COCCNCc1c(F)cccc1N1CCCC(C)CC1. The summed E-state index contributed by atoms with van der Waals surface area (Å²) < 4.78 is 19.2. The molecule has 2 rings (SSSR count). The van der Waals surface area contributed by atoms with Gasteiger partial charge in [-0.25, -0.2) is 4.39 Å². The monoisotopic (exact) mass is 294 g/mol. The van der Waals surface area contributed by atoms with E-state index in [0.29, 0.717) is 13.2 Å². The van der Waals surface area contributed by atoms with Gasteiger partial charge in [0.2, 0.25) is 0 Å². The molecular formula is C17H27FN2O. The van der Waals surface area contributed by atoms with Gasteiger partial charge < -0.3 is 15.0 Å². The van der Waals surface area contributed by atoms with Crippen molar-refractivity contribution in [3.63, 3.8) is 0 Å². The highest BCUT2D eigenvalue weighted by molar-refractivity contribution is 5.54. The fourth-order valence-corrected chi connectivity index (χ4v) is 2.91. The van der Waals surface area contributed by atoms with Crippen LogP contribution in [0.5, 0.6) is 0 Å². The van der Waals surface area contributed by atoms with Crippen LogP contribution in [0.4, 0.5) is 10.1 Å². The molecule has 1 unspecified atom stereocenters. The maximum atomic E-state index is 14.2. The summed E-state index contributed by atoms with van der Waals surface area (Å²) in [6.07, 6.45) is 3.65. The summed E-state index contributed by atoms with van der Waals surface area (Å²) in [5.74, 6) is 0.654. The second-order valence-corrected chi connectivity index (χ2v) is 5.93. The molecule has 1 N–H and O–H groups in total. The molecule has 1 heterocycles. The summed E-state index contributed by atoms with van der Waals surface area (Å²) in [5, 5.41) is 3.26. The molecule has 1 atom stereocenters. The first-order valence-corrected chi connectivity index (χ1v) is 7.94. The van der Waals surface area contributed by atoms with E-state index in [1.165, 1.54) is 19.3 Å². The van der Waals surface area contributed by atoms with Crippen LogP contribution in [0.15, 0.2) is 18.2 Å². The van der Waals surface area contributed by atoms with E-state index < -0.39 is 0 Å². The van der Waals surface area contributed by atoms with Gasteiger partial charge in [-0.3, -0.25) is 0 Å². The van der Waals surface area contributed by atoms with Crippen LogP contribution in [-0.2, 0) is 11.3 Å². The molecule has 0 bridgehead atoms. The first-order valence-electron chi connectivity index (χ1n) is 7.94. The maximum absolute atomic E-state index is 14.2. The Morgan fingerprint density at radius 3 is 3.00 bits per heavy atom. The Morgan fingerprint density at radius 2 is 2.19 bits per heavy atom. The molecule has 0 spiro atoms. The minimum atomic E-state index is -0.116. The molecule has 3 nitrogen and oxygen atoms in total. The van der Waals surface area contributed by atoms with Gasteiger partial charge in [-0.15, -0.1) is 0 Å². The number of halogens is 1. The van der Waals surface area contributed by atoms with Crippen LogP contribution in [-0.4, -0.2) is 33.4 Å². The van der Waals surface area contributed by atoms with Gasteiger partial charge in [0.15, 0.2) is 0 Å². The van der Waals surface area contributed by atoms with E-state index >= 15 is 0 Å². The predicted molar refractivity (Wildman–Crippen MR) is 85.2 cm³/mol. The Morgan fingerprint density at radius 1 is 1.33 bits per heavy atom. The molecule has 1 aliphatic heterocycles. The van der Waals surface area contributed by atoms with Crippen LogP contribution in [0.3, 0.4) is 0 Å². The fourth-order valence-electron chi connectivity index (χ4n) is 2.91. The quantitative estimate of drug-likeness (QED) is 0.816. The highest BCUT2D eigenvalue weighted by Gasteiger charge is 2.18. The van der Waals surface area contributed by atoms with Gasteiger partial charge in [0, 0.05) is 44.5 Å². The Bertz CT molecular complexity index is 439. The van der Waals surface area contributed by atoms with E-state index in [1.807, 2.05) is 12.1 Å². The van der Waals surface area contributed by atoms with Crippen LogP contribution >= 0.6 is 0 Å². The number of nitrogens with one attached hydrogen (secondary N) is 1. The summed E-state index contributed by atoms with van der Waals surface area (Å²) in [6.45, 7) is 6.29. The van der Waals surface area contributed by atoms with Gasteiger partial charge in [-0.2, -0.15) is 0 Å². The van der Waals surface area contributed by atoms with Crippen molar-refractivity contribution >= 4 is 5.69 Å². The zero-order valence-corrected chi connectivity index (χ0v) is 13.2. The number of methoxy groups -OCH3 is 1. The number of anilines is 1. The molecule has 0 radical (unpaired) electrons. The predicted octanol–water partition coefficient (Wildman–Crippen LogP) is 3.19. The Kier molecular flexibility index (Phi) is 6.46. The second kappa shape index (κ2) is 8.35. The average molecular weight is 294 g/mol. The molecular weight excluding hydrogens is 267 g/mol. The summed E-state index contributed by atoms with van der Waals surface area (Å²) in [5.41, 5.74) is 1.83. The Hall–Kier alpha value is -1.13. The lowest BCUT2D eigenvalue weighted by Gasteiger charge is -2.26. The molecule has 0 aromatic heterocycles. The highest BCUT2D eigenvalue weighted by atomic mass is 19.1. The Labute approximate surface area is 127 Å². The van der Waals surface area contributed by atoms with E-state index in [4.69, 9.17) is 4.74 Å². The summed E-state index contributed by atoms with van der Waals surface area (Å²) in [6, 6.07) is 5.42. The van der Waals surface area contributed by atoms with Crippen molar-refractivity contribution < 1.29 is 9.13 Å². The van der Waals surface area contributed by atoms with Crippen molar-refractivity contribution in [2.45, 2.75) is 32.7 Å². The third kappa shape index (κ3) is 4.68. The first kappa shape index (κ1) is 16.2. The number of ether oxygens (including phenoxy) is 1. The lowest BCUT2D eigenvalue weighted by molar-refractivity contribution is 0.199. The van der Waals surface area contributed by atoms with Gasteiger partial charge in [0.25, 0.3) is 0 Å². The van der Waals surface area contributed by atoms with Gasteiger partial charge in [-0.05, 0) is 37.3 Å². The largest absolute Gasteiger partial charge is 0.383 e. The first-order chi connectivity index (χ1) is 10.2. The third-order valence-electron chi connectivity index (χ3n) is 4.24. The topological polar surface area (TPSA) is 24.5 Å². The van der Waals surface area contributed by atoms with Crippen LogP contribution < -0.4 is 10.2 Å². The molecule has 1 aromatic carbocycles. The summed E-state index contributed by atoms with van der Waals surface area (Å²) in [7, 11) is 1.68. The smallest absolute Gasteiger partial charge is 0.129 e. The van der Waals surface area contributed by atoms with E-state index in [1.54, 1.807) is 13.2 Å². The van der Waals surface area contributed by atoms with Crippen LogP contribution in [0.25, 0.3) is 0 Å². The number of rotatable bonds is 6. The van der Waals surface area contributed by atoms with Crippen molar-refractivity contribution in [3.8, 4) is 0 Å². The van der Waals surface area contributed by atoms with E-state index in [-0.39, 0.29) is 5.82 Å². The van der Waals surface area contributed by atoms with Crippen LogP contribution in [0.1, 0.15) is 31.7 Å². The van der Waals surface area contributed by atoms with Gasteiger partial charge in [-0.1, -0.05) is 13.0 Å². The van der Waals surface area contributed by atoms with Crippen LogP contribution in [0, 0.1) is 11.7 Å². The highest BCUT2D eigenvalue weighted by Crippen LogP contribution is 2.27. The van der Waals surface area contributed by atoms with E-state index in [9.17, 15) is 4.39 Å². The van der Waals surface area contributed by atoms with Gasteiger partial charge in [0.05, 0.1) is 6.61 Å². The summed E-state index contributed by atoms with van der Waals surface area (Å²) >= 11 is 0. The molecule has 1 saturated heterocycles. The molecule has 21 heavy (non-hydrogen) atoms. The molecule has 4 heteroatoms. The molecule has 0 amide bonds. The second-order valence-electron chi connectivity index (χ2n) is 5.93. The number of benzene rings is 1. The van der Waals surface area contributed by atoms with Crippen molar-refractivity contribution in [2.24, 2.45) is 5.92 Å². The number of hydrogen-bond acceptors (Lipinski definition) is 3. The zero-order valence-electron chi connectivity index (χ0n) is 13.2. The minimum Gasteiger partial charge on any atom is -0.383 e. The zero-order chi connectivity index (χ0) is 15.1. The molecule has 1 aromatic rings. The number of hydrogen-bond donors (Lipinski definition) is 1. The third-order valence-corrected chi connectivity index (χ3v) is 4.24. The van der Waals surface area contributed by atoms with Gasteiger partial charge >= 0.3 is 0 Å². The molecule has 0 aliphatic carbocycles. The summed E-state index contributed by atoms with van der Waals surface area (Å²) in [4.78, 5) is 2.35. The molecule has 1 fully saturated rings. The standard InChI is InChI=1S/C17H27FN2O/c1-14-5-4-10-20(11-8-14)17-7-3-6-16(18)15(17)13-19-9-12-21-2/h3,6-7,14,19H,4-5,8-13H2,1-2H3. The lowest BCUT2D eigenvalue weighted by atomic mass is 10.0. The van der Waals surface area contributed by atoms with E-state index in [2.05, 4.69) is 17.1 Å². The molecule has 1 aliphatic rings. The average Bonchev–Trinajstić information content (AvgIpc) is 2.69. The minimum absolute atomic E-state index is 0.116. The lowest BCUT2D eigenvalue weighted by Crippen LogP contribution is -2.27. The van der Waals surface area contributed by atoms with Crippen molar-refractivity contribution in [3.05, 3.63) is 29.6 Å². The molecule has 0 saturated carbocycles. The van der Waals surface area contributed by atoms with Crippen molar-refractivity contribution in [2.75, 3.05) is 38.3 Å². The van der Waals surface area contributed by atoms with Gasteiger partial charge in [0.1, 0.15) is 5.82 Å². The van der Waals surface area contributed by atoms with Crippen LogP contribution in [0.2, 0.25) is 0 Å². The Balaban J connectivity index is 2.08. The van der Waals surface area contributed by atoms with Crippen molar-refractivity contribution in [1.29, 1.82) is 0 Å².